The van der Waals surface area contributed by atoms with E-state index >= 15 is 0 Å². The second kappa shape index (κ2) is 8.06. The second-order valence-electron chi connectivity index (χ2n) is 6.22. The van der Waals surface area contributed by atoms with Gasteiger partial charge in [-0.05, 0) is 66.8 Å². The number of benzene rings is 2. The van der Waals surface area contributed by atoms with Crippen molar-refractivity contribution in [3.63, 3.8) is 0 Å². The molecule has 0 atom stereocenters. The number of thiocarbonyl (C=S) groups is 1. The van der Waals surface area contributed by atoms with Gasteiger partial charge in [-0.2, -0.15) is 0 Å². The minimum atomic E-state index is -0.520. The van der Waals surface area contributed by atoms with Crippen molar-refractivity contribution in [2.24, 2.45) is 0 Å². The van der Waals surface area contributed by atoms with Crippen LogP contribution in [-0.4, -0.2) is 21.5 Å². The zero-order chi connectivity index (χ0) is 20.5. The Morgan fingerprint density at radius 2 is 1.55 bits per heavy atom. The van der Waals surface area contributed by atoms with E-state index in [0.717, 1.165) is 14.6 Å². The Bertz CT molecular complexity index is 1190. The van der Waals surface area contributed by atoms with E-state index in [4.69, 9.17) is 12.2 Å². The number of hydrogen-bond donors (Lipinski definition) is 1. The van der Waals surface area contributed by atoms with Crippen molar-refractivity contribution in [1.82, 2.24) is 9.88 Å². The number of rotatable bonds is 3. The highest BCUT2D eigenvalue weighted by Crippen LogP contribution is 2.26. The van der Waals surface area contributed by atoms with Crippen LogP contribution < -0.4 is 10.2 Å². The minimum absolute atomic E-state index is 0.00789. The van der Waals surface area contributed by atoms with Gasteiger partial charge in [0.2, 0.25) is 0 Å². The van der Waals surface area contributed by atoms with Crippen molar-refractivity contribution in [3.05, 3.63) is 87.1 Å². The molecule has 0 unspecified atom stereocenters. The van der Waals surface area contributed by atoms with Gasteiger partial charge < -0.3 is 4.57 Å². The van der Waals surface area contributed by atoms with Gasteiger partial charge >= 0.3 is 0 Å². The molecule has 8 heteroatoms. The zero-order valence-electron chi connectivity index (χ0n) is 14.8. The third-order valence-electron chi connectivity index (χ3n) is 4.33. The molecule has 4 rings (SSSR count). The number of nitrogens with zero attached hydrogens (tertiary/aromatic N) is 2. The van der Waals surface area contributed by atoms with Crippen LogP contribution >= 0.6 is 44.1 Å². The van der Waals surface area contributed by atoms with Crippen LogP contribution in [0.25, 0.3) is 11.8 Å². The van der Waals surface area contributed by atoms with E-state index in [2.05, 4.69) is 37.2 Å². The molecule has 144 valence electrons. The van der Waals surface area contributed by atoms with Crippen LogP contribution in [0, 0.1) is 0 Å². The molecule has 1 saturated heterocycles. The molecule has 1 N–H and O–H groups in total. The van der Waals surface area contributed by atoms with Crippen LogP contribution in [0.15, 0.2) is 81.4 Å². The first-order valence-corrected chi connectivity index (χ1v) is 10.5. The third-order valence-corrected chi connectivity index (χ3v) is 5.60. The molecule has 29 heavy (non-hydrogen) atoms. The number of carbonyl (C=O) groups excluding carboxylic acids is 2. The summed E-state index contributed by atoms with van der Waals surface area (Å²) in [5, 5.41) is 2.66. The molecule has 2 aromatic carbocycles. The van der Waals surface area contributed by atoms with Crippen molar-refractivity contribution >= 4 is 72.8 Å². The van der Waals surface area contributed by atoms with Crippen molar-refractivity contribution in [3.8, 4) is 5.69 Å². The summed E-state index contributed by atoms with van der Waals surface area (Å²) in [6.45, 7) is 0. The van der Waals surface area contributed by atoms with Gasteiger partial charge in [0.1, 0.15) is 5.57 Å². The predicted molar refractivity (Wildman–Crippen MR) is 124 cm³/mol. The lowest BCUT2D eigenvalue weighted by Gasteiger charge is -2.29. The summed E-state index contributed by atoms with van der Waals surface area (Å²) in [7, 11) is 0. The first kappa shape index (κ1) is 19.8. The highest BCUT2D eigenvalue weighted by atomic mass is 79.9. The molecule has 0 aliphatic carbocycles. The molecule has 5 nitrogen and oxygen atoms in total. The standard InChI is InChI=1S/C21H13Br2N3O2S/c22-13-4-1-6-15(10-13)25-9-3-8-16(25)12-18-19(27)24-21(29)26(20(18)28)17-7-2-5-14(23)11-17/h1-12H,(H,24,27,29)/b18-12+. The van der Waals surface area contributed by atoms with Gasteiger partial charge in [0.25, 0.3) is 11.8 Å². The van der Waals surface area contributed by atoms with Crippen LogP contribution in [0.2, 0.25) is 0 Å². The normalized spacial score (nSPS) is 15.7. The van der Waals surface area contributed by atoms with Gasteiger partial charge in [-0.3, -0.25) is 19.8 Å². The molecule has 0 spiro atoms. The second-order valence-corrected chi connectivity index (χ2v) is 8.44. The summed E-state index contributed by atoms with van der Waals surface area (Å²) < 4.78 is 3.63. The van der Waals surface area contributed by atoms with Gasteiger partial charge in [0.15, 0.2) is 5.11 Å². The lowest BCUT2D eigenvalue weighted by atomic mass is 10.1. The molecule has 1 aliphatic heterocycles. The Hall–Kier alpha value is -2.55. The van der Waals surface area contributed by atoms with E-state index < -0.39 is 11.8 Å². The summed E-state index contributed by atoms with van der Waals surface area (Å²) >= 11 is 12.1. The van der Waals surface area contributed by atoms with Crippen LogP contribution in [0.3, 0.4) is 0 Å². The fourth-order valence-corrected chi connectivity index (χ4v) is 4.08. The Morgan fingerprint density at radius 3 is 2.24 bits per heavy atom. The van der Waals surface area contributed by atoms with Crippen molar-refractivity contribution < 1.29 is 9.59 Å². The Kier molecular flexibility index (Phi) is 5.49. The van der Waals surface area contributed by atoms with Crippen molar-refractivity contribution in [2.45, 2.75) is 0 Å². The number of aromatic nitrogens is 1. The number of amides is 2. The summed E-state index contributed by atoms with van der Waals surface area (Å²) in [6, 6.07) is 18.6. The van der Waals surface area contributed by atoms with Gasteiger partial charge in [0.05, 0.1) is 5.69 Å². The molecule has 0 radical (unpaired) electrons. The fourth-order valence-electron chi connectivity index (χ4n) is 3.03. The average Bonchev–Trinajstić information content (AvgIpc) is 3.13. The van der Waals surface area contributed by atoms with Crippen LogP contribution in [0.5, 0.6) is 0 Å². The number of anilines is 1. The maximum Gasteiger partial charge on any atom is 0.270 e. The molecular formula is C21H13Br2N3O2S. The number of halogens is 2. The number of hydrogen-bond acceptors (Lipinski definition) is 3. The highest BCUT2D eigenvalue weighted by Gasteiger charge is 2.34. The van der Waals surface area contributed by atoms with Crippen LogP contribution in [0.4, 0.5) is 5.69 Å². The van der Waals surface area contributed by atoms with E-state index in [9.17, 15) is 9.59 Å². The van der Waals surface area contributed by atoms with E-state index in [1.165, 1.54) is 4.90 Å². The maximum absolute atomic E-state index is 13.2. The van der Waals surface area contributed by atoms with Crippen LogP contribution in [0.1, 0.15) is 5.69 Å². The largest absolute Gasteiger partial charge is 0.317 e. The van der Waals surface area contributed by atoms with Gasteiger partial charge in [-0.15, -0.1) is 0 Å². The number of nitrogens with one attached hydrogen (secondary N) is 1. The molecule has 0 saturated carbocycles. The topological polar surface area (TPSA) is 54.3 Å². The monoisotopic (exact) mass is 529 g/mol. The Morgan fingerprint density at radius 1 is 0.897 bits per heavy atom. The number of carbonyl (C=O) groups is 2. The highest BCUT2D eigenvalue weighted by molar-refractivity contribution is 9.10. The molecule has 2 amide bonds. The minimum Gasteiger partial charge on any atom is -0.317 e. The molecular weight excluding hydrogens is 518 g/mol. The molecule has 3 aromatic rings. The molecule has 1 aliphatic rings. The Labute approximate surface area is 189 Å². The first-order valence-electron chi connectivity index (χ1n) is 8.54. The summed E-state index contributed by atoms with van der Waals surface area (Å²) in [5.74, 6) is -0.993. The van der Waals surface area contributed by atoms with Gasteiger partial charge in [-0.25, -0.2) is 0 Å². The van der Waals surface area contributed by atoms with E-state index in [1.807, 2.05) is 53.2 Å². The molecule has 2 heterocycles. The van der Waals surface area contributed by atoms with Crippen molar-refractivity contribution in [1.29, 1.82) is 0 Å². The summed E-state index contributed by atoms with van der Waals surface area (Å²) in [4.78, 5) is 27.0. The smallest absolute Gasteiger partial charge is 0.270 e. The quantitative estimate of drug-likeness (QED) is 0.299. The average molecular weight is 531 g/mol. The van der Waals surface area contributed by atoms with Crippen molar-refractivity contribution in [2.75, 3.05) is 4.90 Å². The van der Waals surface area contributed by atoms with E-state index in [1.54, 1.807) is 24.3 Å². The van der Waals surface area contributed by atoms with Gasteiger partial charge in [0, 0.05) is 26.5 Å². The third kappa shape index (κ3) is 3.96. The first-order chi connectivity index (χ1) is 13.9. The van der Waals surface area contributed by atoms with E-state index in [-0.39, 0.29) is 10.7 Å². The maximum atomic E-state index is 13.2. The van der Waals surface area contributed by atoms with Crippen LogP contribution in [-0.2, 0) is 9.59 Å². The SMILES string of the molecule is O=C1NC(=S)N(c2cccc(Br)c2)C(=O)/C1=C/c1cccn1-c1cccc(Br)c1. The summed E-state index contributed by atoms with van der Waals surface area (Å²) in [6.07, 6.45) is 3.45. The summed E-state index contributed by atoms with van der Waals surface area (Å²) in [5.41, 5.74) is 2.18. The predicted octanol–water partition coefficient (Wildman–Crippen LogP) is 4.83. The zero-order valence-corrected chi connectivity index (χ0v) is 18.8. The fraction of sp³-hybridized carbons (Fsp3) is 0. The Balaban J connectivity index is 1.76. The van der Waals surface area contributed by atoms with E-state index in [0.29, 0.717) is 11.4 Å². The van der Waals surface area contributed by atoms with Gasteiger partial charge in [-0.1, -0.05) is 44.0 Å². The lowest BCUT2D eigenvalue weighted by Crippen LogP contribution is -2.54. The molecule has 1 fully saturated rings. The lowest BCUT2D eigenvalue weighted by molar-refractivity contribution is -0.122. The molecule has 0 bridgehead atoms. The molecule has 1 aromatic heterocycles.